The summed E-state index contributed by atoms with van der Waals surface area (Å²) in [6, 6.07) is 10.3. The number of nitriles is 2. The van der Waals surface area contributed by atoms with E-state index in [4.69, 9.17) is 11.0 Å². The van der Waals surface area contributed by atoms with Crippen molar-refractivity contribution in [3.05, 3.63) is 35.4 Å². The first kappa shape index (κ1) is 20.3. The second-order valence-electron chi connectivity index (χ2n) is 8.44. The van der Waals surface area contributed by atoms with Gasteiger partial charge in [-0.1, -0.05) is 12.1 Å². The first-order chi connectivity index (χ1) is 14.4. The molecule has 156 valence electrons. The van der Waals surface area contributed by atoms with Crippen LogP contribution in [0.5, 0.6) is 0 Å². The van der Waals surface area contributed by atoms with Crippen LogP contribution < -0.4 is 5.73 Å². The molecule has 8 heteroatoms. The van der Waals surface area contributed by atoms with E-state index in [9.17, 15) is 14.9 Å². The van der Waals surface area contributed by atoms with Crippen LogP contribution in [-0.4, -0.2) is 70.3 Å². The summed E-state index contributed by atoms with van der Waals surface area (Å²) in [7, 11) is 0. The molecule has 0 radical (unpaired) electrons. The molecule has 3 aliphatic heterocycles. The van der Waals surface area contributed by atoms with Crippen molar-refractivity contribution >= 4 is 11.8 Å². The van der Waals surface area contributed by atoms with E-state index in [1.165, 1.54) is 0 Å². The quantitative estimate of drug-likeness (QED) is 0.771. The maximum atomic E-state index is 13.1. The molecular weight excluding hydrogens is 380 g/mol. The van der Waals surface area contributed by atoms with Crippen molar-refractivity contribution in [1.82, 2.24) is 14.7 Å². The van der Waals surface area contributed by atoms with Crippen molar-refractivity contribution in [2.24, 2.45) is 5.73 Å². The van der Waals surface area contributed by atoms with E-state index >= 15 is 0 Å². The van der Waals surface area contributed by atoms with Crippen molar-refractivity contribution in [1.29, 1.82) is 10.5 Å². The topological polar surface area (TPSA) is 117 Å². The number of rotatable bonds is 5. The van der Waals surface area contributed by atoms with Gasteiger partial charge in [0.1, 0.15) is 6.04 Å². The predicted molar refractivity (Wildman–Crippen MR) is 109 cm³/mol. The number of likely N-dealkylation sites (tertiary alicyclic amines) is 3. The molecule has 0 saturated carbocycles. The molecule has 3 aliphatic rings. The normalized spacial score (nSPS) is 27.7. The fourth-order valence-electron chi connectivity index (χ4n) is 5.14. The van der Waals surface area contributed by atoms with Gasteiger partial charge in [-0.2, -0.15) is 10.5 Å². The molecule has 3 heterocycles. The number of nitrogens with two attached hydrogens (primary N) is 1. The van der Waals surface area contributed by atoms with Gasteiger partial charge in [-0.3, -0.25) is 14.5 Å². The van der Waals surface area contributed by atoms with Gasteiger partial charge in [0.2, 0.25) is 11.8 Å². The molecule has 0 aliphatic carbocycles. The van der Waals surface area contributed by atoms with Crippen LogP contribution in [0.4, 0.5) is 0 Å². The number of hydrogen-bond acceptors (Lipinski definition) is 6. The van der Waals surface area contributed by atoms with Crippen LogP contribution in [-0.2, 0) is 9.59 Å². The lowest BCUT2D eigenvalue weighted by Crippen LogP contribution is -2.56. The number of piperazine rings is 1. The molecular formula is C22H26N6O2. The molecule has 30 heavy (non-hydrogen) atoms. The van der Waals surface area contributed by atoms with Gasteiger partial charge in [0, 0.05) is 25.7 Å². The second kappa shape index (κ2) is 8.06. The third-order valence-electron chi connectivity index (χ3n) is 6.66. The van der Waals surface area contributed by atoms with E-state index in [0.29, 0.717) is 31.6 Å². The highest BCUT2D eigenvalue weighted by atomic mass is 16.2. The summed E-state index contributed by atoms with van der Waals surface area (Å²) in [5.74, 6) is -0.148. The van der Waals surface area contributed by atoms with Gasteiger partial charge in [-0.05, 0) is 43.9 Å². The summed E-state index contributed by atoms with van der Waals surface area (Å²) < 4.78 is 0. The van der Waals surface area contributed by atoms with E-state index in [1.54, 1.807) is 11.0 Å². The Kier molecular flexibility index (Phi) is 5.46. The van der Waals surface area contributed by atoms with E-state index in [2.05, 4.69) is 12.1 Å². The average Bonchev–Trinajstić information content (AvgIpc) is 3.47. The first-order valence-electron chi connectivity index (χ1n) is 10.5. The zero-order valence-corrected chi connectivity index (χ0v) is 17.1. The molecule has 5 atom stereocenters. The Hall–Kier alpha value is -2.94. The summed E-state index contributed by atoms with van der Waals surface area (Å²) in [5, 5.41) is 18.4. The lowest BCUT2D eigenvalue weighted by molar-refractivity contribution is -0.140. The standard InChI is InChI=1S/C22H26N6O2/c1-14(16-5-2-4-15(8-16)10-23)28-18-9-20(22(28)30)26(12-18)13-19(25)21(29)27-7-3-6-17(27)11-24/h2,4-5,8,14,17-20H,3,6-7,9,12-13,25H2,1H3/t14-,17-,18-,19-,20-/m0/s1. The highest BCUT2D eigenvalue weighted by molar-refractivity contribution is 5.87. The monoisotopic (exact) mass is 406 g/mol. The first-order valence-corrected chi connectivity index (χ1v) is 10.5. The summed E-state index contributed by atoms with van der Waals surface area (Å²) in [4.78, 5) is 31.3. The van der Waals surface area contributed by atoms with Crippen molar-refractivity contribution in [2.45, 2.75) is 56.4 Å². The largest absolute Gasteiger partial charge is 0.330 e. The maximum absolute atomic E-state index is 13.1. The highest BCUT2D eigenvalue weighted by Crippen LogP contribution is 2.38. The van der Waals surface area contributed by atoms with Gasteiger partial charge in [0.05, 0.1) is 35.8 Å². The van der Waals surface area contributed by atoms with Crippen molar-refractivity contribution in [2.75, 3.05) is 19.6 Å². The summed E-state index contributed by atoms with van der Waals surface area (Å²) in [5.41, 5.74) is 7.72. The van der Waals surface area contributed by atoms with Crippen LogP contribution in [0.3, 0.4) is 0 Å². The van der Waals surface area contributed by atoms with Crippen LogP contribution in [0.2, 0.25) is 0 Å². The minimum absolute atomic E-state index is 0.0526. The van der Waals surface area contributed by atoms with Crippen molar-refractivity contribution in [3.8, 4) is 12.1 Å². The smallest absolute Gasteiger partial charge is 0.241 e. The number of carbonyl (C=O) groups is 2. The van der Waals surface area contributed by atoms with Gasteiger partial charge in [-0.15, -0.1) is 0 Å². The Labute approximate surface area is 176 Å². The van der Waals surface area contributed by atoms with Gasteiger partial charge in [0.25, 0.3) is 0 Å². The van der Waals surface area contributed by atoms with Gasteiger partial charge < -0.3 is 15.5 Å². The second-order valence-corrected chi connectivity index (χ2v) is 8.44. The third-order valence-corrected chi connectivity index (χ3v) is 6.66. The number of hydrogen-bond donors (Lipinski definition) is 1. The van der Waals surface area contributed by atoms with Crippen LogP contribution >= 0.6 is 0 Å². The van der Waals surface area contributed by atoms with Crippen LogP contribution in [0.15, 0.2) is 24.3 Å². The van der Waals surface area contributed by atoms with Gasteiger partial charge >= 0.3 is 0 Å². The summed E-state index contributed by atoms with van der Waals surface area (Å²) >= 11 is 0. The Balaban J connectivity index is 1.40. The van der Waals surface area contributed by atoms with E-state index in [1.807, 2.05) is 34.9 Å². The van der Waals surface area contributed by atoms with E-state index < -0.39 is 6.04 Å². The van der Waals surface area contributed by atoms with Crippen molar-refractivity contribution in [3.63, 3.8) is 0 Å². The number of carbonyl (C=O) groups excluding carboxylic acids is 2. The molecule has 8 nitrogen and oxygen atoms in total. The zero-order chi connectivity index (χ0) is 21.4. The minimum Gasteiger partial charge on any atom is -0.330 e. The fourth-order valence-corrected chi connectivity index (χ4v) is 5.14. The number of nitrogens with zero attached hydrogens (tertiary/aromatic N) is 5. The Morgan fingerprint density at radius 2 is 2.17 bits per heavy atom. The zero-order valence-electron chi connectivity index (χ0n) is 17.1. The summed E-state index contributed by atoms with van der Waals surface area (Å²) in [6.07, 6.45) is 2.25. The Morgan fingerprint density at radius 1 is 1.37 bits per heavy atom. The van der Waals surface area contributed by atoms with Crippen molar-refractivity contribution < 1.29 is 9.59 Å². The third kappa shape index (κ3) is 3.43. The molecule has 0 spiro atoms. The molecule has 2 bridgehead atoms. The molecule has 0 unspecified atom stereocenters. The predicted octanol–water partition coefficient (Wildman–Crippen LogP) is 0.746. The lowest BCUT2D eigenvalue weighted by Gasteiger charge is -2.38. The highest BCUT2D eigenvalue weighted by Gasteiger charge is 2.51. The number of fused-ring (bicyclic) bond motifs is 2. The maximum Gasteiger partial charge on any atom is 0.241 e. The molecule has 1 aromatic rings. The molecule has 3 fully saturated rings. The molecule has 2 N–H and O–H groups in total. The van der Waals surface area contributed by atoms with Crippen LogP contribution in [0.25, 0.3) is 0 Å². The Morgan fingerprint density at radius 3 is 2.87 bits per heavy atom. The minimum atomic E-state index is -0.732. The van der Waals surface area contributed by atoms with E-state index in [-0.39, 0.29) is 36.0 Å². The average molecular weight is 406 g/mol. The van der Waals surface area contributed by atoms with E-state index in [0.717, 1.165) is 18.4 Å². The number of benzene rings is 1. The molecule has 1 aromatic carbocycles. The van der Waals surface area contributed by atoms with Crippen LogP contribution in [0, 0.1) is 22.7 Å². The SMILES string of the molecule is C[C@@H](c1cccc(C#N)c1)N1C(=O)[C@@H]2C[C@H]1CN2C[C@H](N)C(=O)N1CCC[C@H]1C#N. The van der Waals surface area contributed by atoms with Gasteiger partial charge in [0.15, 0.2) is 0 Å². The van der Waals surface area contributed by atoms with Crippen LogP contribution in [0.1, 0.15) is 43.4 Å². The molecule has 0 aromatic heterocycles. The number of amides is 2. The summed E-state index contributed by atoms with van der Waals surface area (Å²) in [6.45, 7) is 3.57. The van der Waals surface area contributed by atoms with Gasteiger partial charge in [-0.25, -0.2) is 0 Å². The molecule has 2 amide bonds. The molecule has 4 rings (SSSR count). The molecule has 3 saturated heterocycles. The Bertz CT molecular complexity index is 934. The lowest BCUT2D eigenvalue weighted by atomic mass is 10.0. The fraction of sp³-hybridized carbons (Fsp3) is 0.545.